The fourth-order valence-corrected chi connectivity index (χ4v) is 4.29. The minimum atomic E-state index is 0.695. The van der Waals surface area contributed by atoms with E-state index in [4.69, 9.17) is 4.74 Å². The van der Waals surface area contributed by atoms with Gasteiger partial charge in [0.15, 0.2) is 0 Å². The van der Waals surface area contributed by atoms with Crippen LogP contribution >= 0.6 is 0 Å². The molecule has 2 aliphatic rings. The highest BCUT2D eigenvalue weighted by Crippen LogP contribution is 2.25. The zero-order valence-corrected chi connectivity index (χ0v) is 15.2. The Morgan fingerprint density at radius 3 is 2.60 bits per heavy atom. The summed E-state index contributed by atoms with van der Waals surface area (Å²) in [6.07, 6.45) is 3.84. The highest BCUT2D eigenvalue weighted by Gasteiger charge is 2.27. The lowest BCUT2D eigenvalue weighted by Crippen LogP contribution is -2.49. The first-order chi connectivity index (χ1) is 12.3. The van der Waals surface area contributed by atoms with Crippen molar-refractivity contribution in [1.82, 2.24) is 9.80 Å². The molecule has 0 bridgehead atoms. The van der Waals surface area contributed by atoms with Crippen molar-refractivity contribution >= 4 is 0 Å². The van der Waals surface area contributed by atoms with E-state index in [9.17, 15) is 0 Å². The maximum absolute atomic E-state index is 5.26. The number of likely N-dealkylation sites (tertiary alicyclic amines) is 1. The SMILES string of the molecule is COc1ccc(CN2CCCC(N3CCc4ccccc4C3)C2)cc1. The molecule has 3 nitrogen and oxygen atoms in total. The molecule has 132 valence electrons. The van der Waals surface area contributed by atoms with Crippen molar-refractivity contribution in [2.24, 2.45) is 0 Å². The second-order valence-electron chi connectivity index (χ2n) is 7.37. The average Bonchev–Trinajstić information content (AvgIpc) is 2.68. The van der Waals surface area contributed by atoms with E-state index in [-0.39, 0.29) is 0 Å². The molecular formula is C22H28N2O. The van der Waals surface area contributed by atoms with Crippen LogP contribution in [0.3, 0.4) is 0 Å². The molecule has 0 amide bonds. The second-order valence-corrected chi connectivity index (χ2v) is 7.37. The molecule has 1 unspecified atom stereocenters. The van der Waals surface area contributed by atoms with Crippen LogP contribution in [0.1, 0.15) is 29.5 Å². The van der Waals surface area contributed by atoms with Crippen molar-refractivity contribution in [2.75, 3.05) is 26.7 Å². The van der Waals surface area contributed by atoms with E-state index in [1.807, 2.05) is 0 Å². The number of nitrogens with zero attached hydrogens (tertiary/aromatic N) is 2. The van der Waals surface area contributed by atoms with Gasteiger partial charge >= 0.3 is 0 Å². The van der Waals surface area contributed by atoms with Gasteiger partial charge in [0.2, 0.25) is 0 Å². The fourth-order valence-electron chi connectivity index (χ4n) is 4.29. The fraction of sp³-hybridized carbons (Fsp3) is 0.455. The van der Waals surface area contributed by atoms with Crippen molar-refractivity contribution in [3.05, 3.63) is 65.2 Å². The molecule has 2 aromatic rings. The summed E-state index contributed by atoms with van der Waals surface area (Å²) in [4.78, 5) is 5.33. The van der Waals surface area contributed by atoms with Crippen molar-refractivity contribution in [3.8, 4) is 5.75 Å². The Labute approximate surface area is 151 Å². The van der Waals surface area contributed by atoms with Gasteiger partial charge in [-0.3, -0.25) is 9.80 Å². The Bertz CT molecular complexity index is 697. The molecule has 3 heteroatoms. The molecule has 0 aromatic heterocycles. The summed E-state index contributed by atoms with van der Waals surface area (Å²) in [5.74, 6) is 0.937. The molecule has 4 rings (SSSR count). The van der Waals surface area contributed by atoms with Gasteiger partial charge in [-0.2, -0.15) is 0 Å². The summed E-state index contributed by atoms with van der Waals surface area (Å²) in [5, 5.41) is 0. The molecule has 0 saturated carbocycles. The highest BCUT2D eigenvalue weighted by molar-refractivity contribution is 5.29. The first-order valence-corrected chi connectivity index (χ1v) is 9.48. The molecule has 1 fully saturated rings. The maximum atomic E-state index is 5.26. The molecule has 2 aliphatic heterocycles. The molecule has 25 heavy (non-hydrogen) atoms. The van der Waals surface area contributed by atoms with E-state index in [2.05, 4.69) is 58.3 Å². The minimum Gasteiger partial charge on any atom is -0.497 e. The van der Waals surface area contributed by atoms with Crippen molar-refractivity contribution in [1.29, 1.82) is 0 Å². The number of methoxy groups -OCH3 is 1. The Morgan fingerprint density at radius 1 is 1.00 bits per heavy atom. The lowest BCUT2D eigenvalue weighted by atomic mass is 9.96. The van der Waals surface area contributed by atoms with Gasteiger partial charge < -0.3 is 4.74 Å². The van der Waals surface area contributed by atoms with Crippen LogP contribution in [0.5, 0.6) is 5.75 Å². The van der Waals surface area contributed by atoms with Crippen LogP contribution in [0.25, 0.3) is 0 Å². The van der Waals surface area contributed by atoms with Crippen molar-refractivity contribution in [3.63, 3.8) is 0 Å². The Morgan fingerprint density at radius 2 is 1.80 bits per heavy atom. The summed E-state index contributed by atoms with van der Waals surface area (Å²) < 4.78 is 5.26. The summed E-state index contributed by atoms with van der Waals surface area (Å²) >= 11 is 0. The number of ether oxygens (including phenoxy) is 1. The number of rotatable bonds is 4. The smallest absolute Gasteiger partial charge is 0.118 e. The van der Waals surface area contributed by atoms with E-state index in [1.165, 1.54) is 50.0 Å². The predicted octanol–water partition coefficient (Wildman–Crippen LogP) is 3.72. The van der Waals surface area contributed by atoms with Gasteiger partial charge in [0.1, 0.15) is 5.75 Å². The van der Waals surface area contributed by atoms with Gasteiger partial charge in [0.25, 0.3) is 0 Å². The predicted molar refractivity (Wildman–Crippen MR) is 102 cm³/mol. The summed E-state index contributed by atoms with van der Waals surface area (Å²) in [7, 11) is 1.72. The highest BCUT2D eigenvalue weighted by atomic mass is 16.5. The van der Waals surface area contributed by atoms with Crippen LogP contribution in [0.4, 0.5) is 0 Å². The third-order valence-corrected chi connectivity index (χ3v) is 5.72. The maximum Gasteiger partial charge on any atom is 0.118 e. The molecule has 0 aliphatic carbocycles. The van der Waals surface area contributed by atoms with Gasteiger partial charge in [-0.25, -0.2) is 0 Å². The van der Waals surface area contributed by atoms with Gasteiger partial charge in [-0.15, -0.1) is 0 Å². The Hall–Kier alpha value is -1.84. The third-order valence-electron chi connectivity index (χ3n) is 5.72. The summed E-state index contributed by atoms with van der Waals surface area (Å²) in [6, 6.07) is 18.2. The van der Waals surface area contributed by atoms with Crippen LogP contribution in [0.15, 0.2) is 48.5 Å². The number of hydrogen-bond acceptors (Lipinski definition) is 3. The number of hydrogen-bond donors (Lipinski definition) is 0. The number of benzene rings is 2. The average molecular weight is 336 g/mol. The molecular weight excluding hydrogens is 308 g/mol. The number of fused-ring (bicyclic) bond motifs is 1. The quantitative estimate of drug-likeness (QED) is 0.846. The third kappa shape index (κ3) is 3.88. The largest absolute Gasteiger partial charge is 0.497 e. The van der Waals surface area contributed by atoms with E-state index in [0.29, 0.717) is 6.04 Å². The van der Waals surface area contributed by atoms with Crippen LogP contribution in [-0.2, 0) is 19.5 Å². The second kappa shape index (κ2) is 7.59. The van der Waals surface area contributed by atoms with Gasteiger partial charge in [0, 0.05) is 32.2 Å². The Kier molecular flexibility index (Phi) is 5.04. The zero-order chi connectivity index (χ0) is 17.1. The number of piperidine rings is 1. The van der Waals surface area contributed by atoms with Crippen LogP contribution in [0, 0.1) is 0 Å². The van der Waals surface area contributed by atoms with Gasteiger partial charge in [-0.1, -0.05) is 36.4 Å². The normalized spacial score (nSPS) is 21.7. The summed E-state index contributed by atoms with van der Waals surface area (Å²) in [6.45, 7) is 5.78. The molecule has 1 saturated heterocycles. The molecule has 0 spiro atoms. The van der Waals surface area contributed by atoms with E-state index < -0.39 is 0 Å². The van der Waals surface area contributed by atoms with Crippen LogP contribution in [0.2, 0.25) is 0 Å². The standard InChI is InChI=1S/C22H28N2O/c1-25-22-10-8-18(9-11-22)15-23-13-4-7-21(17-23)24-14-12-19-5-2-3-6-20(19)16-24/h2-3,5-6,8-11,21H,4,7,12-17H2,1H3. The first kappa shape index (κ1) is 16.6. The molecule has 2 heterocycles. The van der Waals surface area contributed by atoms with Crippen molar-refractivity contribution < 1.29 is 4.74 Å². The van der Waals surface area contributed by atoms with Crippen molar-refractivity contribution in [2.45, 2.75) is 38.4 Å². The lowest BCUT2D eigenvalue weighted by molar-refractivity contribution is 0.0838. The zero-order valence-electron chi connectivity index (χ0n) is 15.2. The first-order valence-electron chi connectivity index (χ1n) is 9.48. The molecule has 1 atom stereocenters. The van der Waals surface area contributed by atoms with E-state index >= 15 is 0 Å². The van der Waals surface area contributed by atoms with E-state index in [0.717, 1.165) is 18.8 Å². The monoisotopic (exact) mass is 336 g/mol. The molecule has 0 radical (unpaired) electrons. The van der Waals surface area contributed by atoms with Crippen LogP contribution in [-0.4, -0.2) is 42.6 Å². The molecule has 0 N–H and O–H groups in total. The topological polar surface area (TPSA) is 15.7 Å². The van der Waals surface area contributed by atoms with E-state index in [1.54, 1.807) is 12.7 Å². The Balaban J connectivity index is 1.38. The minimum absolute atomic E-state index is 0.695. The molecule has 2 aromatic carbocycles. The van der Waals surface area contributed by atoms with Gasteiger partial charge in [0.05, 0.1) is 7.11 Å². The van der Waals surface area contributed by atoms with Gasteiger partial charge in [-0.05, 0) is 54.6 Å². The van der Waals surface area contributed by atoms with Crippen LogP contribution < -0.4 is 4.74 Å². The lowest BCUT2D eigenvalue weighted by Gasteiger charge is -2.41. The summed E-state index contributed by atoms with van der Waals surface area (Å²) in [5.41, 5.74) is 4.45.